The van der Waals surface area contributed by atoms with Gasteiger partial charge < -0.3 is 14.8 Å². The van der Waals surface area contributed by atoms with Crippen molar-refractivity contribution in [2.45, 2.75) is 24.8 Å². The standard InChI is InChI=1S/C19H23N5O2/c1-22-8-11(9-23-10-17(25)24(20)19(23)26)5-14-13-3-2-4-15-18(13)12(7-21-15)6-16(14)22/h2-4,7,11,14,16,21H,5-6,8-10,20H2,1H3/t11-,14-,16-/m1/s1. The Labute approximate surface area is 151 Å². The number of carbonyl (C=O) groups excluding carboxylic acids is 2. The van der Waals surface area contributed by atoms with E-state index in [-0.39, 0.29) is 18.5 Å². The number of carbonyl (C=O) groups is 2. The fraction of sp³-hybridized carbons (Fsp3) is 0.474. The van der Waals surface area contributed by atoms with Crippen LogP contribution >= 0.6 is 0 Å². The zero-order chi connectivity index (χ0) is 18.0. The van der Waals surface area contributed by atoms with Gasteiger partial charge in [-0.3, -0.25) is 4.79 Å². The van der Waals surface area contributed by atoms with Crippen LogP contribution in [0.25, 0.3) is 10.9 Å². The monoisotopic (exact) mass is 353 g/mol. The number of aromatic nitrogens is 1. The molecule has 136 valence electrons. The van der Waals surface area contributed by atoms with Crippen molar-refractivity contribution in [2.75, 3.05) is 26.7 Å². The zero-order valence-corrected chi connectivity index (χ0v) is 14.8. The highest BCUT2D eigenvalue weighted by atomic mass is 16.2. The second kappa shape index (κ2) is 5.56. The Bertz CT molecular complexity index is 906. The van der Waals surface area contributed by atoms with Crippen molar-refractivity contribution in [3.05, 3.63) is 35.5 Å². The second-order valence-electron chi connectivity index (χ2n) is 7.93. The molecule has 2 aliphatic heterocycles. The molecule has 0 spiro atoms. The van der Waals surface area contributed by atoms with Crippen LogP contribution in [0.2, 0.25) is 0 Å². The van der Waals surface area contributed by atoms with Gasteiger partial charge in [0, 0.05) is 42.1 Å². The number of nitrogens with zero attached hydrogens (tertiary/aromatic N) is 3. The first-order valence-electron chi connectivity index (χ1n) is 9.18. The lowest BCUT2D eigenvalue weighted by atomic mass is 9.72. The van der Waals surface area contributed by atoms with Crippen molar-refractivity contribution >= 4 is 22.8 Å². The molecule has 1 aromatic carbocycles. The molecule has 1 aromatic heterocycles. The lowest BCUT2D eigenvalue weighted by Crippen LogP contribution is -2.50. The molecular weight excluding hydrogens is 330 g/mol. The van der Waals surface area contributed by atoms with Gasteiger partial charge in [0.1, 0.15) is 6.54 Å². The van der Waals surface area contributed by atoms with Gasteiger partial charge in [-0.05, 0) is 43.0 Å². The molecule has 3 heterocycles. The smallest absolute Gasteiger partial charge is 0.341 e. The molecule has 26 heavy (non-hydrogen) atoms. The van der Waals surface area contributed by atoms with E-state index in [0.717, 1.165) is 24.4 Å². The third-order valence-electron chi connectivity index (χ3n) is 6.36. The number of hydrogen-bond acceptors (Lipinski definition) is 4. The lowest BCUT2D eigenvalue weighted by Gasteiger charge is -2.46. The maximum Gasteiger partial charge on any atom is 0.341 e. The first-order chi connectivity index (χ1) is 12.5. The van der Waals surface area contributed by atoms with Crippen LogP contribution in [0.1, 0.15) is 23.5 Å². The SMILES string of the molecule is CN1C[C@H](CN2CC(=O)N(N)C2=O)C[C@@H]2c3cccc4[nH]cc(c34)C[C@H]21. The minimum atomic E-state index is -0.376. The summed E-state index contributed by atoms with van der Waals surface area (Å²) in [4.78, 5) is 31.2. The van der Waals surface area contributed by atoms with Crippen molar-refractivity contribution in [2.24, 2.45) is 11.8 Å². The summed E-state index contributed by atoms with van der Waals surface area (Å²) in [6.45, 7) is 1.61. The molecule has 0 unspecified atom stereocenters. The molecule has 7 nitrogen and oxygen atoms in total. The van der Waals surface area contributed by atoms with Gasteiger partial charge in [-0.15, -0.1) is 0 Å². The van der Waals surface area contributed by atoms with Crippen molar-refractivity contribution in [1.82, 2.24) is 19.8 Å². The molecule has 3 aliphatic rings. The van der Waals surface area contributed by atoms with Gasteiger partial charge in [0.15, 0.2) is 0 Å². The first-order valence-corrected chi connectivity index (χ1v) is 9.18. The number of amides is 3. The summed E-state index contributed by atoms with van der Waals surface area (Å²) >= 11 is 0. The van der Waals surface area contributed by atoms with Gasteiger partial charge >= 0.3 is 6.03 Å². The van der Waals surface area contributed by atoms with Crippen LogP contribution in [0, 0.1) is 5.92 Å². The average molecular weight is 353 g/mol. The predicted octanol–water partition coefficient (Wildman–Crippen LogP) is 1.27. The highest BCUT2D eigenvalue weighted by molar-refractivity contribution is 6.01. The molecule has 3 amide bonds. The van der Waals surface area contributed by atoms with Gasteiger partial charge in [0.25, 0.3) is 5.91 Å². The van der Waals surface area contributed by atoms with Crippen molar-refractivity contribution < 1.29 is 9.59 Å². The number of H-pyrrole nitrogens is 1. The Hall–Kier alpha value is -2.38. The van der Waals surface area contributed by atoms with E-state index in [1.165, 1.54) is 22.0 Å². The molecule has 3 atom stereocenters. The summed E-state index contributed by atoms with van der Waals surface area (Å²) in [5.74, 6) is 5.98. The third-order valence-corrected chi connectivity index (χ3v) is 6.36. The molecule has 2 aromatic rings. The maximum atomic E-state index is 12.1. The van der Waals surface area contributed by atoms with E-state index in [1.54, 1.807) is 4.90 Å². The van der Waals surface area contributed by atoms with Crippen LogP contribution in [0.15, 0.2) is 24.4 Å². The van der Waals surface area contributed by atoms with Crippen LogP contribution in [0.4, 0.5) is 4.79 Å². The van der Waals surface area contributed by atoms with Crippen molar-refractivity contribution in [1.29, 1.82) is 0 Å². The quantitative estimate of drug-likeness (QED) is 0.484. The summed E-state index contributed by atoms with van der Waals surface area (Å²) < 4.78 is 0. The number of benzene rings is 1. The molecule has 0 bridgehead atoms. The summed E-state index contributed by atoms with van der Waals surface area (Å²) in [6, 6.07) is 6.62. The highest BCUT2D eigenvalue weighted by Gasteiger charge is 2.42. The summed E-state index contributed by atoms with van der Waals surface area (Å²) in [7, 11) is 2.17. The topological polar surface area (TPSA) is 85.7 Å². The average Bonchev–Trinajstić information content (AvgIpc) is 3.14. The number of nitrogens with two attached hydrogens (primary N) is 1. The minimum absolute atomic E-state index is 0.0984. The van der Waals surface area contributed by atoms with Crippen molar-refractivity contribution in [3.63, 3.8) is 0 Å². The summed E-state index contributed by atoms with van der Waals surface area (Å²) in [6.07, 6.45) is 4.23. The minimum Gasteiger partial charge on any atom is -0.361 e. The number of piperidine rings is 1. The Morgan fingerprint density at radius 3 is 2.92 bits per heavy atom. The molecule has 2 fully saturated rings. The molecule has 2 saturated heterocycles. The van der Waals surface area contributed by atoms with E-state index < -0.39 is 0 Å². The number of hydrogen-bond donors (Lipinski definition) is 2. The number of likely N-dealkylation sites (N-methyl/N-ethyl adjacent to an activating group) is 1. The van der Waals surface area contributed by atoms with Crippen LogP contribution in [-0.2, 0) is 11.2 Å². The number of urea groups is 1. The fourth-order valence-electron chi connectivity index (χ4n) is 5.21. The number of rotatable bonds is 2. The van der Waals surface area contributed by atoms with E-state index in [4.69, 9.17) is 5.84 Å². The Kier molecular flexibility index (Phi) is 3.39. The summed E-state index contributed by atoms with van der Waals surface area (Å²) in [5.41, 5.74) is 4.02. The van der Waals surface area contributed by atoms with Crippen LogP contribution in [0.5, 0.6) is 0 Å². The number of hydrazine groups is 1. The molecule has 5 rings (SSSR count). The zero-order valence-electron chi connectivity index (χ0n) is 14.8. The van der Waals surface area contributed by atoms with E-state index in [2.05, 4.69) is 41.3 Å². The highest BCUT2D eigenvalue weighted by Crippen LogP contribution is 2.44. The van der Waals surface area contributed by atoms with Gasteiger partial charge in [-0.2, -0.15) is 5.01 Å². The molecule has 3 N–H and O–H groups in total. The number of nitrogens with one attached hydrogen (secondary N) is 1. The number of aromatic amines is 1. The largest absolute Gasteiger partial charge is 0.361 e. The van der Waals surface area contributed by atoms with Gasteiger partial charge in [0.2, 0.25) is 0 Å². The first kappa shape index (κ1) is 15.8. The van der Waals surface area contributed by atoms with Crippen LogP contribution in [-0.4, -0.2) is 64.5 Å². The lowest BCUT2D eigenvalue weighted by molar-refractivity contribution is -0.125. The second-order valence-corrected chi connectivity index (χ2v) is 7.93. The molecular formula is C19H23N5O2. The Morgan fingerprint density at radius 1 is 1.31 bits per heavy atom. The predicted molar refractivity (Wildman–Crippen MR) is 97.3 cm³/mol. The third kappa shape index (κ3) is 2.20. The fourth-order valence-corrected chi connectivity index (χ4v) is 5.21. The van der Waals surface area contributed by atoms with E-state index in [0.29, 0.717) is 24.4 Å². The van der Waals surface area contributed by atoms with E-state index in [9.17, 15) is 9.59 Å². The van der Waals surface area contributed by atoms with E-state index in [1.807, 2.05) is 0 Å². The van der Waals surface area contributed by atoms with Crippen LogP contribution in [0.3, 0.4) is 0 Å². The maximum absolute atomic E-state index is 12.1. The summed E-state index contributed by atoms with van der Waals surface area (Å²) in [5, 5.41) is 2.12. The number of fused-ring (bicyclic) bond motifs is 2. The Morgan fingerprint density at radius 2 is 2.15 bits per heavy atom. The van der Waals surface area contributed by atoms with E-state index >= 15 is 0 Å². The Balaban J connectivity index is 1.43. The molecule has 1 aliphatic carbocycles. The van der Waals surface area contributed by atoms with Gasteiger partial charge in [-0.1, -0.05) is 12.1 Å². The number of likely N-dealkylation sites (tertiary alicyclic amines) is 1. The van der Waals surface area contributed by atoms with Crippen molar-refractivity contribution in [3.8, 4) is 0 Å². The van der Waals surface area contributed by atoms with Gasteiger partial charge in [-0.25, -0.2) is 10.6 Å². The normalized spacial score (nSPS) is 28.9. The molecule has 0 saturated carbocycles. The molecule has 0 radical (unpaired) electrons. The number of imide groups is 1. The van der Waals surface area contributed by atoms with Gasteiger partial charge in [0.05, 0.1) is 0 Å². The molecule has 7 heteroatoms. The van der Waals surface area contributed by atoms with Crippen LogP contribution < -0.4 is 5.84 Å².